The third-order valence-electron chi connectivity index (χ3n) is 3.65. The van der Waals surface area contributed by atoms with E-state index in [0.717, 1.165) is 37.1 Å². The van der Waals surface area contributed by atoms with Crippen LogP contribution in [-0.4, -0.2) is 34.3 Å². The molecule has 0 atom stereocenters. The van der Waals surface area contributed by atoms with Crippen LogP contribution in [0.3, 0.4) is 0 Å². The molecule has 0 amide bonds. The lowest BCUT2D eigenvalue weighted by Gasteiger charge is -2.11. The molecule has 1 aromatic heterocycles. The molecule has 0 bridgehead atoms. The lowest BCUT2D eigenvalue weighted by atomic mass is 10.2. The molecule has 0 saturated heterocycles. The van der Waals surface area contributed by atoms with Crippen molar-refractivity contribution in [2.75, 3.05) is 13.6 Å². The molecule has 0 saturated carbocycles. The number of hydrogen-bond donors (Lipinski definition) is 2. The Bertz CT molecular complexity index is 443. The predicted octanol–water partition coefficient (Wildman–Crippen LogP) is 2.09. The summed E-state index contributed by atoms with van der Waals surface area (Å²) in [7, 11) is 1.80. The minimum atomic E-state index is 0. The minimum Gasteiger partial charge on any atom is -0.356 e. The first-order valence-corrected chi connectivity index (χ1v) is 7.70. The van der Waals surface area contributed by atoms with Gasteiger partial charge in [-0.1, -0.05) is 26.2 Å². The number of aromatic nitrogens is 3. The quantitative estimate of drug-likeness (QED) is 0.315. The van der Waals surface area contributed by atoms with E-state index in [2.05, 4.69) is 37.3 Å². The molecule has 2 rings (SSSR count). The average Bonchev–Trinajstić information content (AvgIpc) is 3.06. The van der Waals surface area contributed by atoms with Gasteiger partial charge in [0.25, 0.3) is 0 Å². The maximum atomic E-state index is 4.24. The van der Waals surface area contributed by atoms with Crippen molar-refractivity contribution in [2.45, 2.75) is 58.5 Å². The molecule has 0 aliphatic carbocycles. The molecule has 6 nitrogen and oxygen atoms in total. The third-order valence-corrected chi connectivity index (χ3v) is 3.65. The molecule has 1 aliphatic rings. The lowest BCUT2D eigenvalue weighted by Crippen LogP contribution is -2.37. The molecule has 0 fully saturated rings. The first-order valence-electron chi connectivity index (χ1n) is 7.70. The Kier molecular flexibility index (Phi) is 8.63. The third kappa shape index (κ3) is 5.44. The van der Waals surface area contributed by atoms with Crippen LogP contribution in [-0.2, 0) is 19.5 Å². The van der Waals surface area contributed by atoms with Gasteiger partial charge in [0, 0.05) is 26.6 Å². The molecule has 120 valence electrons. The Morgan fingerprint density at radius 3 is 2.86 bits per heavy atom. The number of nitrogens with zero attached hydrogens (tertiary/aromatic N) is 4. The van der Waals surface area contributed by atoms with Gasteiger partial charge in [-0.05, 0) is 12.8 Å². The molecule has 2 N–H and O–H groups in total. The number of aliphatic imine (C=N–C) groups is 1. The normalized spacial score (nSPS) is 13.7. The van der Waals surface area contributed by atoms with Crippen LogP contribution in [0.4, 0.5) is 0 Å². The Labute approximate surface area is 144 Å². The van der Waals surface area contributed by atoms with E-state index in [9.17, 15) is 0 Å². The highest BCUT2D eigenvalue weighted by Gasteiger charge is 2.16. The summed E-state index contributed by atoms with van der Waals surface area (Å²) in [5, 5.41) is 15.1. The molecule has 21 heavy (non-hydrogen) atoms. The highest BCUT2D eigenvalue weighted by Crippen LogP contribution is 2.13. The van der Waals surface area contributed by atoms with Gasteiger partial charge in [0.05, 0.1) is 6.54 Å². The van der Waals surface area contributed by atoms with Gasteiger partial charge < -0.3 is 15.2 Å². The Balaban J connectivity index is 0.00000220. The van der Waals surface area contributed by atoms with Crippen molar-refractivity contribution >= 4 is 29.9 Å². The summed E-state index contributed by atoms with van der Waals surface area (Å²) in [6, 6.07) is 0. The zero-order chi connectivity index (χ0) is 14.2. The monoisotopic (exact) mass is 406 g/mol. The first-order chi connectivity index (χ1) is 9.85. The van der Waals surface area contributed by atoms with Gasteiger partial charge in [-0.2, -0.15) is 0 Å². The number of unbranched alkanes of at least 4 members (excludes halogenated alkanes) is 3. The van der Waals surface area contributed by atoms with Crippen LogP contribution in [0.1, 0.15) is 50.7 Å². The summed E-state index contributed by atoms with van der Waals surface area (Å²) < 4.78 is 2.21. The number of aryl methyl sites for hydroxylation is 1. The summed E-state index contributed by atoms with van der Waals surface area (Å²) in [6.07, 6.45) is 7.28. The maximum absolute atomic E-state index is 4.24. The van der Waals surface area contributed by atoms with Gasteiger partial charge in [0.15, 0.2) is 11.8 Å². The van der Waals surface area contributed by atoms with E-state index in [1.54, 1.807) is 7.05 Å². The summed E-state index contributed by atoms with van der Waals surface area (Å²) >= 11 is 0. The van der Waals surface area contributed by atoms with Gasteiger partial charge in [-0.25, -0.2) is 0 Å². The van der Waals surface area contributed by atoms with Gasteiger partial charge in [0.1, 0.15) is 5.82 Å². The van der Waals surface area contributed by atoms with Crippen molar-refractivity contribution < 1.29 is 0 Å². The molecule has 0 aromatic carbocycles. The van der Waals surface area contributed by atoms with Crippen LogP contribution < -0.4 is 10.6 Å². The van der Waals surface area contributed by atoms with Crippen molar-refractivity contribution in [3.63, 3.8) is 0 Å². The standard InChI is InChI=1S/C14H26N6.HI/c1-3-4-5-6-9-16-14(15-2)17-11-13-19-18-12-8-7-10-20(12)13;/h3-11H2,1-2H3,(H2,15,16,17);1H. The number of halogens is 1. The van der Waals surface area contributed by atoms with Crippen molar-refractivity contribution in [1.29, 1.82) is 0 Å². The second kappa shape index (κ2) is 9.97. The zero-order valence-electron chi connectivity index (χ0n) is 13.1. The Hall–Kier alpha value is -0.860. The van der Waals surface area contributed by atoms with Crippen molar-refractivity contribution in [3.05, 3.63) is 11.6 Å². The van der Waals surface area contributed by atoms with Crippen LogP contribution in [0.5, 0.6) is 0 Å². The van der Waals surface area contributed by atoms with E-state index >= 15 is 0 Å². The smallest absolute Gasteiger partial charge is 0.191 e. The maximum Gasteiger partial charge on any atom is 0.191 e. The molecule has 7 heteroatoms. The molecule has 0 radical (unpaired) electrons. The van der Waals surface area contributed by atoms with E-state index in [1.807, 2.05) is 0 Å². The van der Waals surface area contributed by atoms with Gasteiger partial charge in [-0.3, -0.25) is 4.99 Å². The minimum absolute atomic E-state index is 0. The fraction of sp³-hybridized carbons (Fsp3) is 0.786. The van der Waals surface area contributed by atoms with E-state index in [-0.39, 0.29) is 24.0 Å². The number of guanidine groups is 1. The Morgan fingerprint density at radius 1 is 1.24 bits per heavy atom. The SMILES string of the molecule is CCCCCCNC(=NC)NCc1nnc2n1CCC2.I. The molecule has 0 unspecified atom stereocenters. The zero-order valence-corrected chi connectivity index (χ0v) is 15.4. The van der Waals surface area contributed by atoms with Crippen molar-refractivity contribution in [1.82, 2.24) is 25.4 Å². The Morgan fingerprint density at radius 2 is 2.10 bits per heavy atom. The van der Waals surface area contributed by atoms with E-state index in [1.165, 1.54) is 32.1 Å². The fourth-order valence-electron chi connectivity index (χ4n) is 2.48. The van der Waals surface area contributed by atoms with Crippen LogP contribution >= 0.6 is 24.0 Å². The second-order valence-electron chi connectivity index (χ2n) is 5.20. The summed E-state index contributed by atoms with van der Waals surface area (Å²) in [5.41, 5.74) is 0. The molecule has 2 heterocycles. The van der Waals surface area contributed by atoms with Gasteiger partial charge in [0.2, 0.25) is 0 Å². The van der Waals surface area contributed by atoms with Crippen LogP contribution in [0.25, 0.3) is 0 Å². The van der Waals surface area contributed by atoms with Crippen molar-refractivity contribution in [3.8, 4) is 0 Å². The van der Waals surface area contributed by atoms with Gasteiger partial charge in [-0.15, -0.1) is 34.2 Å². The van der Waals surface area contributed by atoms with E-state index in [0.29, 0.717) is 6.54 Å². The number of rotatable bonds is 7. The molecular weight excluding hydrogens is 379 g/mol. The molecule has 1 aliphatic heterocycles. The van der Waals surface area contributed by atoms with E-state index in [4.69, 9.17) is 0 Å². The largest absolute Gasteiger partial charge is 0.356 e. The summed E-state index contributed by atoms with van der Waals surface area (Å²) in [6.45, 7) is 4.92. The summed E-state index contributed by atoms with van der Waals surface area (Å²) in [4.78, 5) is 4.24. The van der Waals surface area contributed by atoms with Crippen LogP contribution in [0.2, 0.25) is 0 Å². The fourth-order valence-corrected chi connectivity index (χ4v) is 2.48. The number of hydrogen-bond acceptors (Lipinski definition) is 3. The summed E-state index contributed by atoms with van der Waals surface area (Å²) in [5.74, 6) is 2.97. The number of fused-ring (bicyclic) bond motifs is 1. The second-order valence-corrected chi connectivity index (χ2v) is 5.20. The highest BCUT2D eigenvalue weighted by atomic mass is 127. The molecule has 1 aromatic rings. The molecular formula is C14H27IN6. The van der Waals surface area contributed by atoms with Crippen molar-refractivity contribution in [2.24, 2.45) is 4.99 Å². The van der Waals surface area contributed by atoms with Crippen LogP contribution in [0, 0.1) is 0 Å². The molecule has 0 spiro atoms. The highest BCUT2D eigenvalue weighted by molar-refractivity contribution is 14.0. The first kappa shape index (κ1) is 18.2. The van der Waals surface area contributed by atoms with Crippen LogP contribution in [0.15, 0.2) is 4.99 Å². The van der Waals surface area contributed by atoms with E-state index < -0.39 is 0 Å². The lowest BCUT2D eigenvalue weighted by molar-refractivity contribution is 0.637. The topological polar surface area (TPSA) is 67.1 Å². The average molecular weight is 406 g/mol. The predicted molar refractivity (Wildman–Crippen MR) is 96.1 cm³/mol. The number of nitrogens with one attached hydrogen (secondary N) is 2. The van der Waals surface area contributed by atoms with Gasteiger partial charge >= 0.3 is 0 Å².